The molecule has 0 amide bonds. The van der Waals surface area contributed by atoms with E-state index in [1.807, 2.05) is 12.1 Å². The molecule has 0 atom stereocenters. The zero-order chi connectivity index (χ0) is 20.8. The lowest BCUT2D eigenvalue weighted by Crippen LogP contribution is -2.29. The highest BCUT2D eigenvalue weighted by atomic mass is 19.1. The van der Waals surface area contributed by atoms with E-state index in [1.165, 1.54) is 43.2 Å². The van der Waals surface area contributed by atoms with Crippen LogP contribution in [0.2, 0.25) is 0 Å². The van der Waals surface area contributed by atoms with Crippen LogP contribution >= 0.6 is 0 Å². The van der Waals surface area contributed by atoms with Crippen molar-refractivity contribution in [1.82, 2.24) is 9.88 Å². The van der Waals surface area contributed by atoms with Crippen LogP contribution in [0.3, 0.4) is 0 Å². The van der Waals surface area contributed by atoms with E-state index >= 15 is 0 Å². The molecule has 156 valence electrons. The van der Waals surface area contributed by atoms with Gasteiger partial charge in [-0.05, 0) is 61.8 Å². The predicted octanol–water partition coefficient (Wildman–Crippen LogP) is 4.30. The summed E-state index contributed by atoms with van der Waals surface area (Å²) in [6.45, 7) is 3.34. The third kappa shape index (κ3) is 5.24. The number of hydrogen-bond donors (Lipinski definition) is 1. The number of oxime groups is 1. The summed E-state index contributed by atoms with van der Waals surface area (Å²) >= 11 is 0. The Kier molecular flexibility index (Phi) is 6.39. The van der Waals surface area contributed by atoms with E-state index < -0.39 is 0 Å². The van der Waals surface area contributed by atoms with Crippen molar-refractivity contribution < 1.29 is 13.6 Å². The molecular formula is C23H25FN4O2. The van der Waals surface area contributed by atoms with Crippen LogP contribution in [0.1, 0.15) is 36.1 Å². The van der Waals surface area contributed by atoms with E-state index in [2.05, 4.69) is 27.2 Å². The van der Waals surface area contributed by atoms with Crippen LogP contribution in [-0.2, 0) is 18.0 Å². The number of hydrogen-bond acceptors (Lipinski definition) is 5. The van der Waals surface area contributed by atoms with E-state index in [1.54, 1.807) is 12.1 Å². The lowest BCUT2D eigenvalue weighted by Gasteiger charge is -2.26. The molecule has 7 heteroatoms. The average molecular weight is 408 g/mol. The summed E-state index contributed by atoms with van der Waals surface area (Å²) in [6.07, 6.45) is 5.35. The molecule has 2 heterocycles. The van der Waals surface area contributed by atoms with Gasteiger partial charge >= 0.3 is 0 Å². The molecule has 0 spiro atoms. The molecule has 3 aromatic rings. The molecule has 1 saturated heterocycles. The molecule has 1 aliphatic heterocycles. The summed E-state index contributed by atoms with van der Waals surface area (Å²) in [6, 6.07) is 14.0. The van der Waals surface area contributed by atoms with Gasteiger partial charge < -0.3 is 15.0 Å². The normalized spacial score (nSPS) is 15.3. The molecule has 6 nitrogen and oxygen atoms in total. The van der Waals surface area contributed by atoms with E-state index in [9.17, 15) is 4.39 Å². The molecule has 0 saturated carbocycles. The standard InChI is InChI=1S/C23H25FN4O2/c24-20-9-7-18(8-10-20)23-26-21(15-29-23)16-30-27-22(25)19-6-4-5-17(13-19)14-28-11-2-1-3-12-28/h4-10,13,15H,1-3,11-12,14,16H2,(H2,25,27). The van der Waals surface area contributed by atoms with E-state index in [-0.39, 0.29) is 12.4 Å². The van der Waals surface area contributed by atoms with Gasteiger partial charge in [-0.25, -0.2) is 9.37 Å². The van der Waals surface area contributed by atoms with Crippen molar-refractivity contribution in [3.63, 3.8) is 0 Å². The van der Waals surface area contributed by atoms with Crippen LogP contribution in [0, 0.1) is 5.82 Å². The molecule has 0 radical (unpaired) electrons. The highest BCUT2D eigenvalue weighted by Gasteiger charge is 2.11. The number of oxazole rings is 1. The molecular weight excluding hydrogens is 383 g/mol. The first-order chi connectivity index (χ1) is 14.7. The second-order valence-electron chi connectivity index (χ2n) is 7.44. The molecule has 4 rings (SSSR count). The largest absolute Gasteiger partial charge is 0.444 e. The van der Waals surface area contributed by atoms with Crippen LogP contribution < -0.4 is 5.73 Å². The Balaban J connectivity index is 1.34. The quantitative estimate of drug-likeness (QED) is 0.358. The summed E-state index contributed by atoms with van der Waals surface area (Å²) in [4.78, 5) is 12.2. The fourth-order valence-corrected chi connectivity index (χ4v) is 3.52. The lowest BCUT2D eigenvalue weighted by molar-refractivity contribution is 0.127. The molecule has 2 aromatic carbocycles. The zero-order valence-corrected chi connectivity index (χ0v) is 16.8. The van der Waals surface area contributed by atoms with Gasteiger partial charge in [0.15, 0.2) is 12.4 Å². The number of benzene rings is 2. The van der Waals surface area contributed by atoms with Crippen molar-refractivity contribution in [3.05, 3.63) is 77.4 Å². The summed E-state index contributed by atoms with van der Waals surface area (Å²) in [5.41, 5.74) is 9.41. The number of amidine groups is 1. The van der Waals surface area contributed by atoms with Crippen molar-refractivity contribution in [2.75, 3.05) is 13.1 Å². The molecule has 1 aliphatic rings. The number of halogens is 1. The van der Waals surface area contributed by atoms with Crippen LogP contribution in [0.5, 0.6) is 0 Å². The van der Waals surface area contributed by atoms with Gasteiger partial charge in [0, 0.05) is 17.7 Å². The number of rotatable bonds is 7. The van der Waals surface area contributed by atoms with E-state index in [4.69, 9.17) is 15.0 Å². The second-order valence-corrected chi connectivity index (χ2v) is 7.44. The van der Waals surface area contributed by atoms with Crippen molar-refractivity contribution >= 4 is 5.84 Å². The predicted molar refractivity (Wildman–Crippen MR) is 113 cm³/mol. The van der Waals surface area contributed by atoms with Crippen LogP contribution in [0.25, 0.3) is 11.5 Å². The van der Waals surface area contributed by atoms with Gasteiger partial charge in [-0.2, -0.15) is 0 Å². The highest BCUT2D eigenvalue weighted by Crippen LogP contribution is 2.19. The minimum atomic E-state index is -0.307. The maximum absolute atomic E-state index is 13.0. The van der Waals surface area contributed by atoms with Gasteiger partial charge in [-0.1, -0.05) is 29.8 Å². The van der Waals surface area contributed by atoms with Crippen molar-refractivity contribution in [1.29, 1.82) is 0 Å². The van der Waals surface area contributed by atoms with Crippen molar-refractivity contribution in [3.8, 4) is 11.5 Å². The minimum absolute atomic E-state index is 0.124. The van der Waals surface area contributed by atoms with Gasteiger partial charge in [0.25, 0.3) is 0 Å². The van der Waals surface area contributed by atoms with Crippen LogP contribution in [0.4, 0.5) is 4.39 Å². The summed E-state index contributed by atoms with van der Waals surface area (Å²) in [5, 5.41) is 4.02. The Labute approximate surface area is 175 Å². The third-order valence-corrected chi connectivity index (χ3v) is 5.10. The monoisotopic (exact) mass is 408 g/mol. The van der Waals surface area contributed by atoms with E-state index in [0.29, 0.717) is 23.0 Å². The summed E-state index contributed by atoms with van der Waals surface area (Å²) < 4.78 is 18.5. The summed E-state index contributed by atoms with van der Waals surface area (Å²) in [5.74, 6) is 0.410. The summed E-state index contributed by atoms with van der Waals surface area (Å²) in [7, 11) is 0. The molecule has 1 fully saturated rings. The first-order valence-corrected chi connectivity index (χ1v) is 10.1. The molecule has 0 unspecified atom stereocenters. The Hall–Kier alpha value is -3.19. The number of piperidine rings is 1. The average Bonchev–Trinajstić information content (AvgIpc) is 3.24. The van der Waals surface area contributed by atoms with Crippen LogP contribution in [0.15, 0.2) is 64.4 Å². The first kappa shape index (κ1) is 20.1. The number of nitrogens with zero attached hydrogens (tertiary/aromatic N) is 3. The third-order valence-electron chi connectivity index (χ3n) is 5.10. The Morgan fingerprint density at radius 2 is 1.93 bits per heavy atom. The Morgan fingerprint density at radius 1 is 1.13 bits per heavy atom. The first-order valence-electron chi connectivity index (χ1n) is 10.1. The van der Waals surface area contributed by atoms with Gasteiger partial charge in [-0.3, -0.25) is 4.90 Å². The second kappa shape index (κ2) is 9.54. The number of aromatic nitrogens is 1. The smallest absolute Gasteiger partial charge is 0.226 e. The lowest BCUT2D eigenvalue weighted by atomic mass is 10.1. The van der Waals surface area contributed by atoms with Crippen molar-refractivity contribution in [2.45, 2.75) is 32.4 Å². The number of likely N-dealkylation sites (tertiary alicyclic amines) is 1. The van der Waals surface area contributed by atoms with Crippen molar-refractivity contribution in [2.24, 2.45) is 10.9 Å². The Morgan fingerprint density at radius 3 is 2.73 bits per heavy atom. The highest BCUT2D eigenvalue weighted by molar-refractivity contribution is 5.97. The van der Waals surface area contributed by atoms with Gasteiger partial charge in [0.05, 0.1) is 0 Å². The maximum Gasteiger partial charge on any atom is 0.226 e. The Bertz CT molecular complexity index is 994. The zero-order valence-electron chi connectivity index (χ0n) is 16.8. The topological polar surface area (TPSA) is 76.9 Å². The number of nitrogens with two attached hydrogens (primary N) is 1. The molecule has 1 aromatic heterocycles. The maximum atomic E-state index is 13.0. The molecule has 0 aliphatic carbocycles. The van der Waals surface area contributed by atoms with Gasteiger partial charge in [0.1, 0.15) is 17.8 Å². The fraction of sp³-hybridized carbons (Fsp3) is 0.304. The molecule has 2 N–H and O–H groups in total. The molecule has 0 bridgehead atoms. The van der Waals surface area contributed by atoms with Gasteiger partial charge in [0.2, 0.25) is 5.89 Å². The molecule has 30 heavy (non-hydrogen) atoms. The fourth-order valence-electron chi connectivity index (χ4n) is 3.52. The van der Waals surface area contributed by atoms with Crippen LogP contribution in [-0.4, -0.2) is 28.8 Å². The minimum Gasteiger partial charge on any atom is -0.444 e. The van der Waals surface area contributed by atoms with Gasteiger partial charge in [-0.15, -0.1) is 0 Å². The SMILES string of the molecule is N/C(=N/OCc1coc(-c2ccc(F)cc2)n1)c1cccc(CN2CCCCC2)c1. The van der Waals surface area contributed by atoms with E-state index in [0.717, 1.165) is 25.2 Å².